The number of carboxylic acids is 1. The topological polar surface area (TPSA) is 83.3 Å². The van der Waals surface area contributed by atoms with Gasteiger partial charge in [-0.25, -0.2) is 9.78 Å². The predicted octanol–water partition coefficient (Wildman–Crippen LogP) is 3.05. The summed E-state index contributed by atoms with van der Waals surface area (Å²) in [5.41, 5.74) is -1.16. The maximum atomic E-state index is 13.3. The first kappa shape index (κ1) is 14.8. The Morgan fingerprint density at radius 3 is 2.64 bits per heavy atom. The second-order valence-electron chi connectivity index (χ2n) is 4.38. The molecule has 0 amide bonds. The average Bonchev–Trinajstić information content (AvgIpc) is 3.05. The normalized spacial score (nSPS) is 12.0. The lowest BCUT2D eigenvalue weighted by Crippen LogP contribution is -2.08. The fourth-order valence-electron chi connectivity index (χ4n) is 2.03. The van der Waals surface area contributed by atoms with Gasteiger partial charge < -0.3 is 5.11 Å². The number of halogens is 4. The third-order valence-corrected chi connectivity index (χ3v) is 4.03. The van der Waals surface area contributed by atoms with Crippen LogP contribution in [0.3, 0.4) is 0 Å². The molecule has 0 unspecified atom stereocenters. The summed E-state index contributed by atoms with van der Waals surface area (Å²) in [6.07, 6.45) is -0.436. The summed E-state index contributed by atoms with van der Waals surface area (Å²) in [4.78, 5) is 14.7. The summed E-state index contributed by atoms with van der Waals surface area (Å²) in [7, 11) is 0. The van der Waals surface area contributed by atoms with Crippen LogP contribution in [0.4, 0.5) is 13.2 Å². The van der Waals surface area contributed by atoms with E-state index in [-0.39, 0.29) is 9.26 Å². The van der Waals surface area contributed by atoms with E-state index in [1.54, 1.807) is 22.6 Å². The summed E-state index contributed by atoms with van der Waals surface area (Å²) in [5, 5.41) is 15.3. The van der Waals surface area contributed by atoms with Crippen molar-refractivity contribution < 1.29 is 23.1 Å². The van der Waals surface area contributed by atoms with Gasteiger partial charge >= 0.3 is 12.1 Å². The molecular formula is C12H6F3IN4O2. The number of nitrogens with one attached hydrogen (secondary N) is 1. The molecule has 0 atom stereocenters. The lowest BCUT2D eigenvalue weighted by atomic mass is 10.1. The van der Waals surface area contributed by atoms with Crippen LogP contribution in [0.15, 0.2) is 24.7 Å². The molecule has 0 aliphatic carbocycles. The minimum atomic E-state index is -4.66. The molecule has 2 N–H and O–H groups in total. The van der Waals surface area contributed by atoms with Crippen LogP contribution in [0, 0.1) is 3.70 Å². The van der Waals surface area contributed by atoms with Crippen molar-refractivity contribution in [3.63, 3.8) is 0 Å². The summed E-state index contributed by atoms with van der Waals surface area (Å²) >= 11 is 1.66. The van der Waals surface area contributed by atoms with Gasteiger partial charge in [0, 0.05) is 23.5 Å². The summed E-state index contributed by atoms with van der Waals surface area (Å²) < 4.78 is 41.0. The molecule has 0 saturated carbocycles. The van der Waals surface area contributed by atoms with Crippen LogP contribution in [0.1, 0.15) is 16.1 Å². The highest BCUT2D eigenvalue weighted by molar-refractivity contribution is 14.1. The first-order valence-electron chi connectivity index (χ1n) is 5.80. The van der Waals surface area contributed by atoms with Crippen LogP contribution in [-0.2, 0) is 6.18 Å². The molecule has 114 valence electrons. The van der Waals surface area contributed by atoms with Crippen molar-refractivity contribution >= 4 is 34.2 Å². The molecule has 0 bridgehead atoms. The number of nitrogens with zero attached hydrogens (tertiary/aromatic N) is 3. The minimum Gasteiger partial charge on any atom is -0.476 e. The molecule has 0 aliphatic heterocycles. The van der Waals surface area contributed by atoms with E-state index < -0.39 is 29.1 Å². The highest BCUT2D eigenvalue weighted by Crippen LogP contribution is 2.36. The standard InChI is InChI=1S/C12H6F3IN4O2/c13-12(14,15)7-1-5(6-2-17-18-3-6)4-20-9(16)8(11(21)22)19-10(7)20/h1-4H,(H,17,18)(H,21,22). The number of carboxylic acid groups (broad SMARTS) is 1. The van der Waals surface area contributed by atoms with Gasteiger partial charge in [0.05, 0.1) is 11.8 Å². The molecule has 3 heterocycles. The molecule has 0 spiro atoms. The maximum Gasteiger partial charge on any atom is 0.420 e. The third-order valence-electron chi connectivity index (χ3n) is 3.00. The number of H-pyrrole nitrogens is 1. The number of aromatic carboxylic acids is 1. The fraction of sp³-hybridized carbons (Fsp3) is 0.0833. The average molecular weight is 422 g/mol. The Morgan fingerprint density at radius 1 is 1.36 bits per heavy atom. The number of imidazole rings is 1. The lowest BCUT2D eigenvalue weighted by Gasteiger charge is -2.10. The van der Waals surface area contributed by atoms with Crippen LogP contribution in [-0.4, -0.2) is 30.7 Å². The van der Waals surface area contributed by atoms with Gasteiger partial charge in [-0.15, -0.1) is 0 Å². The lowest BCUT2D eigenvalue weighted by molar-refractivity contribution is -0.136. The largest absolute Gasteiger partial charge is 0.476 e. The number of aromatic amines is 1. The van der Waals surface area contributed by atoms with E-state index in [2.05, 4.69) is 15.2 Å². The number of carbonyl (C=O) groups is 1. The number of rotatable bonds is 2. The number of pyridine rings is 1. The zero-order valence-electron chi connectivity index (χ0n) is 10.5. The third kappa shape index (κ3) is 2.32. The Hall–Kier alpha value is -2.11. The van der Waals surface area contributed by atoms with Gasteiger partial charge in [-0.1, -0.05) is 0 Å². The molecule has 10 heteroatoms. The SMILES string of the molecule is O=C(O)c1nc2c(C(F)(F)F)cc(-c3cn[nH]c3)cn2c1I. The molecule has 3 rings (SSSR count). The Bertz CT molecular complexity index is 871. The van der Waals surface area contributed by atoms with Crippen LogP contribution in [0.25, 0.3) is 16.8 Å². The van der Waals surface area contributed by atoms with Gasteiger partial charge in [0.1, 0.15) is 3.70 Å². The van der Waals surface area contributed by atoms with Crippen molar-refractivity contribution in [1.82, 2.24) is 19.6 Å². The summed E-state index contributed by atoms with van der Waals surface area (Å²) in [6, 6.07) is 0.925. The van der Waals surface area contributed by atoms with Gasteiger partial charge in [-0.2, -0.15) is 18.3 Å². The molecule has 22 heavy (non-hydrogen) atoms. The first-order valence-corrected chi connectivity index (χ1v) is 6.88. The van der Waals surface area contributed by atoms with Crippen molar-refractivity contribution in [1.29, 1.82) is 0 Å². The van der Waals surface area contributed by atoms with E-state index in [0.717, 1.165) is 10.5 Å². The predicted molar refractivity (Wildman–Crippen MR) is 77.5 cm³/mol. The second kappa shape index (κ2) is 4.97. The zero-order valence-corrected chi connectivity index (χ0v) is 12.7. The second-order valence-corrected chi connectivity index (χ2v) is 5.40. The van der Waals surface area contributed by atoms with Crippen molar-refractivity contribution in [3.8, 4) is 11.1 Å². The van der Waals surface area contributed by atoms with E-state index in [9.17, 15) is 18.0 Å². The van der Waals surface area contributed by atoms with Gasteiger partial charge in [-0.3, -0.25) is 9.50 Å². The van der Waals surface area contributed by atoms with Crippen LogP contribution < -0.4 is 0 Å². The summed E-state index contributed by atoms with van der Waals surface area (Å²) in [5.74, 6) is -1.38. The van der Waals surface area contributed by atoms with Crippen LogP contribution in [0.2, 0.25) is 0 Å². The Morgan fingerprint density at radius 2 is 2.09 bits per heavy atom. The molecular weight excluding hydrogens is 416 g/mol. The molecule has 0 aliphatic rings. The molecule has 0 aromatic carbocycles. The number of alkyl halides is 3. The molecule has 0 saturated heterocycles. The van der Waals surface area contributed by atoms with E-state index in [0.29, 0.717) is 5.56 Å². The minimum absolute atomic E-state index is 0.0935. The molecule has 0 fully saturated rings. The molecule has 3 aromatic heterocycles. The smallest absolute Gasteiger partial charge is 0.420 e. The quantitative estimate of drug-likeness (QED) is 0.623. The van der Waals surface area contributed by atoms with E-state index >= 15 is 0 Å². The first-order chi connectivity index (χ1) is 10.3. The number of fused-ring (bicyclic) bond motifs is 1. The van der Waals surface area contributed by atoms with Gasteiger partial charge in [0.2, 0.25) is 0 Å². The van der Waals surface area contributed by atoms with Crippen LogP contribution in [0.5, 0.6) is 0 Å². The zero-order chi connectivity index (χ0) is 16.1. The van der Waals surface area contributed by atoms with Crippen molar-refractivity contribution in [2.75, 3.05) is 0 Å². The number of aromatic nitrogens is 4. The van der Waals surface area contributed by atoms with E-state index in [4.69, 9.17) is 5.11 Å². The molecule has 3 aromatic rings. The Kier molecular flexibility index (Phi) is 3.34. The Labute approximate surface area is 134 Å². The van der Waals surface area contributed by atoms with Crippen molar-refractivity contribution in [2.45, 2.75) is 6.18 Å². The Balaban J connectivity index is 2.39. The monoisotopic (exact) mass is 422 g/mol. The van der Waals surface area contributed by atoms with Crippen molar-refractivity contribution in [3.05, 3.63) is 39.6 Å². The van der Waals surface area contributed by atoms with Crippen LogP contribution >= 0.6 is 22.6 Å². The van der Waals surface area contributed by atoms with Gasteiger partial charge in [-0.05, 0) is 28.7 Å². The number of hydrogen-bond acceptors (Lipinski definition) is 3. The summed E-state index contributed by atoms with van der Waals surface area (Å²) in [6.45, 7) is 0. The van der Waals surface area contributed by atoms with Gasteiger partial charge in [0.25, 0.3) is 0 Å². The maximum absolute atomic E-state index is 13.3. The molecule has 6 nitrogen and oxygen atoms in total. The van der Waals surface area contributed by atoms with E-state index in [1.807, 2.05) is 0 Å². The van der Waals surface area contributed by atoms with E-state index in [1.165, 1.54) is 18.6 Å². The highest BCUT2D eigenvalue weighted by atomic mass is 127. The van der Waals surface area contributed by atoms with Crippen molar-refractivity contribution in [2.24, 2.45) is 0 Å². The fourth-order valence-corrected chi connectivity index (χ4v) is 2.75. The highest BCUT2D eigenvalue weighted by Gasteiger charge is 2.36. The number of hydrogen-bond donors (Lipinski definition) is 2. The molecule has 0 radical (unpaired) electrons. The van der Waals surface area contributed by atoms with Gasteiger partial charge in [0.15, 0.2) is 11.3 Å².